The van der Waals surface area contributed by atoms with Gasteiger partial charge >= 0.3 is 0 Å². The molecule has 216 valence electrons. The number of amides is 1. The summed E-state index contributed by atoms with van der Waals surface area (Å²) in [6.07, 6.45) is -4.31. The van der Waals surface area contributed by atoms with Crippen LogP contribution in [0.25, 0.3) is 0 Å². The van der Waals surface area contributed by atoms with Gasteiger partial charge in [0.15, 0.2) is 6.29 Å². The van der Waals surface area contributed by atoms with Gasteiger partial charge < -0.3 is 14.8 Å². The van der Waals surface area contributed by atoms with Crippen molar-refractivity contribution in [1.29, 1.82) is 0 Å². The molecule has 1 heterocycles. The first-order valence-electron chi connectivity index (χ1n) is 11.4. The number of carbonyl (C=O) groups excluding carboxylic acids is 1. The third-order valence-electron chi connectivity index (χ3n) is 5.26. The summed E-state index contributed by atoms with van der Waals surface area (Å²) in [5.74, 6) is -0.677. The molecule has 0 saturated carbocycles. The van der Waals surface area contributed by atoms with Gasteiger partial charge in [-0.2, -0.15) is 25.3 Å². The number of carbonyl (C=O) groups is 1. The van der Waals surface area contributed by atoms with Crippen molar-refractivity contribution in [3.05, 3.63) is 71.8 Å². The van der Waals surface area contributed by atoms with Crippen LogP contribution in [0.2, 0.25) is 0 Å². The Bertz CT molecular complexity index is 1430. The zero-order valence-corrected chi connectivity index (χ0v) is 23.6. The average Bonchev–Trinajstić information content (AvgIpc) is 2.83. The molecule has 0 radical (unpaired) electrons. The first-order chi connectivity index (χ1) is 18.1. The highest BCUT2D eigenvalue weighted by Crippen LogP contribution is 2.30. The summed E-state index contributed by atoms with van der Waals surface area (Å²) in [4.78, 5) is 13.1. The van der Waals surface area contributed by atoms with Crippen LogP contribution in [0, 0.1) is 0 Å². The molecule has 0 spiro atoms. The second-order valence-corrected chi connectivity index (χ2v) is 13.6. The standard InChI is InChI=1S/C23H29NO12S3/c1-37(26,27)33-15-18-20(35-38(2,28)29)21(36-39(3,30)31)19(24-22(25)17-12-8-5-9-13-17)23(34-18)32-14-16-10-6-4-7-11-16/h4-13,18-21,23H,14-15H2,1-3H3,(H,24,25). The van der Waals surface area contributed by atoms with E-state index in [0.29, 0.717) is 11.8 Å². The fourth-order valence-electron chi connectivity index (χ4n) is 3.73. The Morgan fingerprint density at radius 3 is 1.87 bits per heavy atom. The summed E-state index contributed by atoms with van der Waals surface area (Å²) in [5.41, 5.74) is 0.883. The summed E-state index contributed by atoms with van der Waals surface area (Å²) >= 11 is 0. The van der Waals surface area contributed by atoms with E-state index < -0.39 is 73.5 Å². The molecule has 1 saturated heterocycles. The molecule has 5 atom stereocenters. The SMILES string of the molecule is CS(=O)(=O)OCC1OC(OCc2ccccc2)C(NC(=O)c2ccccc2)C(OS(C)(=O)=O)C1OS(C)(=O)=O. The molecule has 1 aliphatic heterocycles. The van der Waals surface area contributed by atoms with Crippen molar-refractivity contribution in [2.24, 2.45) is 0 Å². The van der Waals surface area contributed by atoms with Crippen LogP contribution in [0.4, 0.5) is 0 Å². The maximum Gasteiger partial charge on any atom is 0.264 e. The van der Waals surface area contributed by atoms with Gasteiger partial charge in [-0.15, -0.1) is 0 Å². The predicted octanol–water partition coefficient (Wildman–Crippen LogP) is 0.393. The van der Waals surface area contributed by atoms with E-state index in [4.69, 9.17) is 22.0 Å². The van der Waals surface area contributed by atoms with E-state index in [0.717, 1.165) is 12.5 Å². The van der Waals surface area contributed by atoms with Crippen molar-refractivity contribution >= 4 is 36.3 Å². The molecule has 3 rings (SSSR count). The molecule has 13 nitrogen and oxygen atoms in total. The summed E-state index contributed by atoms with van der Waals surface area (Å²) in [5, 5.41) is 2.59. The van der Waals surface area contributed by atoms with Gasteiger partial charge in [-0.25, -0.2) is 0 Å². The van der Waals surface area contributed by atoms with Gasteiger partial charge in [0.05, 0.1) is 32.0 Å². The maximum atomic E-state index is 13.1. The van der Waals surface area contributed by atoms with Crippen molar-refractivity contribution in [3.8, 4) is 0 Å². The van der Waals surface area contributed by atoms with Crippen LogP contribution < -0.4 is 5.32 Å². The van der Waals surface area contributed by atoms with Crippen LogP contribution in [0.5, 0.6) is 0 Å². The van der Waals surface area contributed by atoms with E-state index in [1.807, 2.05) is 0 Å². The first-order valence-corrected chi connectivity index (χ1v) is 16.8. The normalized spacial score (nSPS) is 24.2. The first kappa shape index (κ1) is 31.1. The molecule has 2 aromatic carbocycles. The summed E-state index contributed by atoms with van der Waals surface area (Å²) in [7, 11) is -12.6. The molecule has 5 unspecified atom stereocenters. The van der Waals surface area contributed by atoms with Crippen molar-refractivity contribution < 1.29 is 52.1 Å². The molecule has 0 aliphatic carbocycles. The minimum absolute atomic E-state index is 0.0773. The van der Waals surface area contributed by atoms with E-state index in [1.54, 1.807) is 48.5 Å². The zero-order valence-electron chi connectivity index (χ0n) is 21.2. The second kappa shape index (κ2) is 12.8. The van der Waals surface area contributed by atoms with E-state index in [2.05, 4.69) is 5.32 Å². The lowest BCUT2D eigenvalue weighted by molar-refractivity contribution is -0.261. The Balaban J connectivity index is 2.05. The lowest BCUT2D eigenvalue weighted by atomic mass is 9.96. The van der Waals surface area contributed by atoms with Crippen molar-refractivity contribution in [1.82, 2.24) is 5.32 Å². The monoisotopic (exact) mass is 607 g/mol. The fourth-order valence-corrected chi connectivity index (χ4v) is 5.39. The molecule has 2 aromatic rings. The van der Waals surface area contributed by atoms with Gasteiger partial charge in [-0.1, -0.05) is 48.5 Å². The van der Waals surface area contributed by atoms with Gasteiger partial charge in [0.1, 0.15) is 24.4 Å². The van der Waals surface area contributed by atoms with E-state index in [-0.39, 0.29) is 12.2 Å². The molecular formula is C23H29NO12S3. The number of hydrogen-bond donors (Lipinski definition) is 1. The topological polar surface area (TPSA) is 178 Å². The quantitative estimate of drug-likeness (QED) is 0.329. The Morgan fingerprint density at radius 2 is 1.33 bits per heavy atom. The summed E-state index contributed by atoms with van der Waals surface area (Å²) < 4.78 is 99.1. The summed E-state index contributed by atoms with van der Waals surface area (Å²) in [6.45, 7) is -0.848. The highest BCUT2D eigenvalue weighted by atomic mass is 32.2. The Hall–Kier alpha value is -2.44. The van der Waals surface area contributed by atoms with E-state index in [9.17, 15) is 30.0 Å². The van der Waals surface area contributed by atoms with Gasteiger partial charge in [-0.3, -0.25) is 17.3 Å². The molecule has 1 fully saturated rings. The van der Waals surface area contributed by atoms with Crippen LogP contribution in [0.15, 0.2) is 60.7 Å². The number of rotatable bonds is 12. The van der Waals surface area contributed by atoms with Gasteiger partial charge in [0, 0.05) is 5.56 Å². The van der Waals surface area contributed by atoms with Crippen LogP contribution in [0.1, 0.15) is 15.9 Å². The van der Waals surface area contributed by atoms with Gasteiger partial charge in [0.25, 0.3) is 36.3 Å². The van der Waals surface area contributed by atoms with Crippen LogP contribution in [-0.4, -0.2) is 87.2 Å². The van der Waals surface area contributed by atoms with Crippen molar-refractivity contribution in [2.75, 3.05) is 25.4 Å². The average molecular weight is 608 g/mol. The third-order valence-corrected chi connectivity index (χ3v) is 6.96. The Morgan fingerprint density at radius 1 is 0.795 bits per heavy atom. The third kappa shape index (κ3) is 10.2. The largest absolute Gasteiger partial charge is 0.346 e. The molecule has 16 heteroatoms. The molecule has 1 amide bonds. The van der Waals surface area contributed by atoms with E-state index in [1.165, 1.54) is 12.1 Å². The number of benzene rings is 2. The maximum absolute atomic E-state index is 13.1. The molecule has 0 bridgehead atoms. The van der Waals surface area contributed by atoms with Gasteiger partial charge in [0.2, 0.25) is 0 Å². The number of nitrogens with one attached hydrogen (secondary N) is 1. The Labute approximate surface area is 227 Å². The second-order valence-electron chi connectivity index (χ2n) is 8.72. The Kier molecular flexibility index (Phi) is 10.2. The lowest BCUT2D eigenvalue weighted by Gasteiger charge is -2.44. The highest BCUT2D eigenvalue weighted by molar-refractivity contribution is 7.86. The lowest BCUT2D eigenvalue weighted by Crippen LogP contribution is -2.66. The molecule has 1 N–H and O–H groups in total. The number of hydrogen-bond acceptors (Lipinski definition) is 12. The minimum atomic E-state index is -4.30. The molecule has 0 aromatic heterocycles. The highest BCUT2D eigenvalue weighted by Gasteiger charge is 2.52. The zero-order chi connectivity index (χ0) is 28.8. The van der Waals surface area contributed by atoms with Gasteiger partial charge in [-0.05, 0) is 17.7 Å². The minimum Gasteiger partial charge on any atom is -0.346 e. The fraction of sp³-hybridized carbons (Fsp3) is 0.435. The predicted molar refractivity (Wildman–Crippen MR) is 138 cm³/mol. The van der Waals surface area contributed by atoms with Crippen LogP contribution in [-0.2, 0) is 59.0 Å². The molecule has 39 heavy (non-hydrogen) atoms. The van der Waals surface area contributed by atoms with Crippen LogP contribution in [0.3, 0.4) is 0 Å². The summed E-state index contributed by atoms with van der Waals surface area (Å²) in [6, 6.07) is 15.2. The smallest absolute Gasteiger partial charge is 0.264 e. The van der Waals surface area contributed by atoms with E-state index >= 15 is 0 Å². The molecular weight excluding hydrogens is 578 g/mol. The van der Waals surface area contributed by atoms with Crippen molar-refractivity contribution in [2.45, 2.75) is 37.3 Å². The molecule has 1 aliphatic rings. The van der Waals surface area contributed by atoms with Crippen molar-refractivity contribution in [3.63, 3.8) is 0 Å². The van der Waals surface area contributed by atoms with Crippen LogP contribution >= 0.6 is 0 Å². The number of ether oxygens (including phenoxy) is 2.